The van der Waals surface area contributed by atoms with Gasteiger partial charge in [-0.1, -0.05) is 0 Å². The molecule has 0 amide bonds. The molecule has 1 aliphatic carbocycles. The van der Waals surface area contributed by atoms with Gasteiger partial charge in [-0.3, -0.25) is 5.43 Å². The Bertz CT molecular complexity index is 428. The van der Waals surface area contributed by atoms with Crippen LogP contribution in [-0.4, -0.2) is 48.3 Å². The van der Waals surface area contributed by atoms with Gasteiger partial charge in [-0.15, -0.1) is 0 Å². The molecule has 2 rings (SSSR count). The Hall–Kier alpha value is -1.67. The lowest BCUT2D eigenvalue weighted by Gasteiger charge is -2.40. The number of nitrogens with zero attached hydrogens (tertiary/aromatic N) is 4. The molecule has 1 aromatic rings. The maximum absolute atomic E-state index is 5.55. The number of nitrogens with two attached hydrogens (primary N) is 1. The molecule has 0 aromatic carbocycles. The summed E-state index contributed by atoms with van der Waals surface area (Å²) in [5.41, 5.74) is 2.36. The topological polar surface area (TPSA) is 101 Å². The second-order valence-corrected chi connectivity index (χ2v) is 4.92. The first kappa shape index (κ1) is 13.8. The number of nitrogens with one attached hydrogen (secondary N) is 2. The summed E-state index contributed by atoms with van der Waals surface area (Å²) in [6.45, 7) is 0.685. The van der Waals surface area contributed by atoms with E-state index >= 15 is 0 Å². The van der Waals surface area contributed by atoms with Crippen LogP contribution in [0.3, 0.4) is 0 Å². The Morgan fingerprint density at radius 1 is 1.26 bits per heavy atom. The number of ether oxygens (including phenoxy) is 1. The summed E-state index contributed by atoms with van der Waals surface area (Å²) >= 11 is 0. The van der Waals surface area contributed by atoms with Crippen LogP contribution in [-0.2, 0) is 4.74 Å². The molecule has 0 atom stereocenters. The minimum absolute atomic E-state index is 0.0821. The lowest BCUT2D eigenvalue weighted by Crippen LogP contribution is -2.45. The summed E-state index contributed by atoms with van der Waals surface area (Å²) in [4.78, 5) is 14.4. The molecule has 106 valence electrons. The summed E-state index contributed by atoms with van der Waals surface area (Å²) in [7, 11) is 5.47. The maximum atomic E-state index is 5.55. The first-order chi connectivity index (χ1) is 9.08. The molecular formula is C11H21N7O. The molecule has 0 radical (unpaired) electrons. The molecule has 1 aromatic heterocycles. The Morgan fingerprint density at radius 2 is 1.95 bits per heavy atom. The van der Waals surface area contributed by atoms with E-state index in [0.29, 0.717) is 24.4 Å². The maximum Gasteiger partial charge on any atom is 0.243 e. The molecule has 1 fully saturated rings. The van der Waals surface area contributed by atoms with Crippen molar-refractivity contribution in [2.45, 2.75) is 24.9 Å². The van der Waals surface area contributed by atoms with Crippen LogP contribution >= 0.6 is 0 Å². The Balaban J connectivity index is 2.08. The van der Waals surface area contributed by atoms with Gasteiger partial charge in [0.15, 0.2) is 0 Å². The number of hydrogen-bond donors (Lipinski definition) is 3. The van der Waals surface area contributed by atoms with Crippen LogP contribution in [0.2, 0.25) is 0 Å². The predicted molar refractivity (Wildman–Crippen MR) is 74.0 cm³/mol. The molecule has 8 heteroatoms. The van der Waals surface area contributed by atoms with Gasteiger partial charge in [-0.2, -0.15) is 15.0 Å². The first-order valence-corrected chi connectivity index (χ1v) is 6.27. The molecule has 0 unspecified atom stereocenters. The minimum Gasteiger partial charge on any atom is -0.376 e. The van der Waals surface area contributed by atoms with E-state index in [2.05, 4.69) is 25.7 Å². The summed E-state index contributed by atoms with van der Waals surface area (Å²) < 4.78 is 5.55. The van der Waals surface area contributed by atoms with Crippen molar-refractivity contribution in [2.75, 3.05) is 43.4 Å². The third kappa shape index (κ3) is 3.02. The molecule has 19 heavy (non-hydrogen) atoms. The van der Waals surface area contributed by atoms with Gasteiger partial charge in [-0.05, 0) is 19.3 Å². The molecule has 0 spiro atoms. The second-order valence-electron chi connectivity index (χ2n) is 4.92. The predicted octanol–water partition coefficient (Wildman–Crippen LogP) is 0.204. The smallest absolute Gasteiger partial charge is 0.243 e. The SMILES string of the molecule is COC1(CNc2nc(NN)nc(N(C)C)n2)CCC1. The number of nitrogen functional groups attached to an aromatic ring is 1. The minimum atomic E-state index is -0.0821. The van der Waals surface area contributed by atoms with E-state index in [9.17, 15) is 0 Å². The molecule has 0 bridgehead atoms. The molecule has 1 saturated carbocycles. The molecular weight excluding hydrogens is 246 g/mol. The van der Waals surface area contributed by atoms with Crippen molar-refractivity contribution in [3.8, 4) is 0 Å². The zero-order valence-corrected chi connectivity index (χ0v) is 11.6. The van der Waals surface area contributed by atoms with Gasteiger partial charge in [0.25, 0.3) is 0 Å². The third-order valence-electron chi connectivity index (χ3n) is 3.42. The van der Waals surface area contributed by atoms with E-state index in [4.69, 9.17) is 10.6 Å². The van der Waals surface area contributed by atoms with Crippen LogP contribution in [0.1, 0.15) is 19.3 Å². The van der Waals surface area contributed by atoms with E-state index < -0.39 is 0 Å². The summed E-state index contributed by atoms with van der Waals surface area (Å²) in [5.74, 6) is 6.74. The van der Waals surface area contributed by atoms with Crippen LogP contribution in [0.25, 0.3) is 0 Å². The van der Waals surface area contributed by atoms with E-state index in [1.165, 1.54) is 6.42 Å². The largest absolute Gasteiger partial charge is 0.376 e. The Morgan fingerprint density at radius 3 is 2.42 bits per heavy atom. The molecule has 0 aliphatic heterocycles. The standard InChI is InChI=1S/C11H21N7O/c1-18(2)10-15-8(14-9(16-10)17-12)13-7-11(19-3)5-4-6-11/h4-7,12H2,1-3H3,(H2,13,14,15,16,17). The number of aromatic nitrogens is 3. The lowest BCUT2D eigenvalue weighted by atomic mass is 9.80. The van der Waals surface area contributed by atoms with Gasteiger partial charge >= 0.3 is 0 Å². The third-order valence-corrected chi connectivity index (χ3v) is 3.42. The fourth-order valence-corrected chi connectivity index (χ4v) is 1.97. The van der Waals surface area contributed by atoms with Crippen molar-refractivity contribution >= 4 is 17.8 Å². The van der Waals surface area contributed by atoms with E-state index in [-0.39, 0.29) is 5.60 Å². The lowest BCUT2D eigenvalue weighted by molar-refractivity contribution is -0.0602. The van der Waals surface area contributed by atoms with Crippen molar-refractivity contribution in [3.63, 3.8) is 0 Å². The van der Waals surface area contributed by atoms with Gasteiger partial charge in [0.1, 0.15) is 0 Å². The van der Waals surface area contributed by atoms with Gasteiger partial charge in [0.2, 0.25) is 17.8 Å². The van der Waals surface area contributed by atoms with Crippen LogP contribution in [0.4, 0.5) is 17.8 Å². The zero-order chi connectivity index (χ0) is 13.9. The number of hydrazine groups is 1. The summed E-state index contributed by atoms with van der Waals surface area (Å²) in [5, 5.41) is 3.20. The van der Waals surface area contributed by atoms with Crippen molar-refractivity contribution in [2.24, 2.45) is 5.84 Å². The van der Waals surface area contributed by atoms with Gasteiger partial charge < -0.3 is 15.0 Å². The fraction of sp³-hybridized carbons (Fsp3) is 0.727. The van der Waals surface area contributed by atoms with Crippen LogP contribution in [0, 0.1) is 0 Å². The normalized spacial score (nSPS) is 16.6. The second kappa shape index (κ2) is 5.54. The summed E-state index contributed by atoms with van der Waals surface area (Å²) in [6, 6.07) is 0. The van der Waals surface area contributed by atoms with Crippen molar-refractivity contribution < 1.29 is 4.74 Å². The van der Waals surface area contributed by atoms with Gasteiger partial charge in [0.05, 0.1) is 5.60 Å². The summed E-state index contributed by atoms with van der Waals surface area (Å²) in [6.07, 6.45) is 3.32. The average molecular weight is 267 g/mol. The number of anilines is 3. The fourth-order valence-electron chi connectivity index (χ4n) is 1.97. The van der Waals surface area contributed by atoms with Crippen molar-refractivity contribution in [1.82, 2.24) is 15.0 Å². The monoisotopic (exact) mass is 267 g/mol. The number of methoxy groups -OCH3 is 1. The van der Waals surface area contributed by atoms with Gasteiger partial charge in [-0.25, -0.2) is 5.84 Å². The molecule has 4 N–H and O–H groups in total. The molecule has 1 heterocycles. The van der Waals surface area contributed by atoms with Crippen molar-refractivity contribution in [3.05, 3.63) is 0 Å². The van der Waals surface area contributed by atoms with Crippen molar-refractivity contribution in [1.29, 1.82) is 0 Å². The quantitative estimate of drug-likeness (QED) is 0.496. The average Bonchev–Trinajstić information content (AvgIpc) is 2.37. The Kier molecular flexibility index (Phi) is 4.01. The highest BCUT2D eigenvalue weighted by Gasteiger charge is 2.36. The first-order valence-electron chi connectivity index (χ1n) is 6.27. The van der Waals surface area contributed by atoms with E-state index in [1.807, 2.05) is 14.1 Å². The van der Waals surface area contributed by atoms with Crippen LogP contribution in [0.15, 0.2) is 0 Å². The highest BCUT2D eigenvalue weighted by Crippen LogP contribution is 2.34. The van der Waals surface area contributed by atoms with Crippen LogP contribution < -0.4 is 21.5 Å². The van der Waals surface area contributed by atoms with E-state index in [1.54, 1.807) is 12.0 Å². The highest BCUT2D eigenvalue weighted by atomic mass is 16.5. The van der Waals surface area contributed by atoms with E-state index in [0.717, 1.165) is 12.8 Å². The number of rotatable bonds is 6. The highest BCUT2D eigenvalue weighted by molar-refractivity contribution is 5.42. The zero-order valence-electron chi connectivity index (χ0n) is 11.6. The molecule has 0 saturated heterocycles. The molecule has 1 aliphatic rings. The molecule has 8 nitrogen and oxygen atoms in total. The number of hydrogen-bond acceptors (Lipinski definition) is 8. The Labute approximate surface area is 112 Å². The van der Waals surface area contributed by atoms with Crippen LogP contribution in [0.5, 0.6) is 0 Å². The van der Waals surface area contributed by atoms with Gasteiger partial charge in [0, 0.05) is 27.7 Å².